The molecule has 0 saturated carbocycles. The van der Waals surface area contributed by atoms with Crippen molar-refractivity contribution in [3.63, 3.8) is 0 Å². The van der Waals surface area contributed by atoms with Crippen molar-refractivity contribution in [2.75, 3.05) is 0 Å². The van der Waals surface area contributed by atoms with Gasteiger partial charge in [-0.2, -0.15) is 0 Å². The van der Waals surface area contributed by atoms with Crippen molar-refractivity contribution in [2.45, 2.75) is 41.1 Å². The summed E-state index contributed by atoms with van der Waals surface area (Å²) in [4.78, 5) is 0. The summed E-state index contributed by atoms with van der Waals surface area (Å²) in [5.41, 5.74) is 0. The van der Waals surface area contributed by atoms with Crippen molar-refractivity contribution in [1.29, 1.82) is 5.26 Å². The molecule has 0 aromatic carbocycles. The number of rotatable bonds is 5. The molecule has 0 aliphatic rings. The van der Waals surface area contributed by atoms with Crippen LogP contribution in [0.5, 0.6) is 0 Å². The second-order valence-electron chi connectivity index (χ2n) is 4.04. The molecule has 0 aromatic rings. The average molecular weight is 282 g/mol. The van der Waals surface area contributed by atoms with E-state index in [-0.39, 0.29) is 0 Å². The van der Waals surface area contributed by atoms with Gasteiger partial charge in [-0.1, -0.05) is 0 Å². The first kappa shape index (κ1) is 12.3. The van der Waals surface area contributed by atoms with Gasteiger partial charge in [-0.15, -0.1) is 0 Å². The van der Waals surface area contributed by atoms with E-state index in [1.165, 1.54) is 8.94 Å². The SMILES string of the molecule is CC(C)C[Te+](CC#N)CC(C)C. The Labute approximate surface area is 83.8 Å². The van der Waals surface area contributed by atoms with Crippen LogP contribution in [0.15, 0.2) is 0 Å². The van der Waals surface area contributed by atoms with Crippen molar-refractivity contribution in [3.05, 3.63) is 0 Å². The standard InChI is InChI=1S/C10H20NTe/c1-9(2)7-12(6-5-11)8-10(3)4/h9-10H,6-8H2,1-4H3/q+1. The van der Waals surface area contributed by atoms with Crippen LogP contribution in [0.3, 0.4) is 0 Å². The molecule has 0 spiro atoms. The summed E-state index contributed by atoms with van der Waals surface area (Å²) in [6, 6.07) is 2.35. The molecule has 0 heterocycles. The quantitative estimate of drug-likeness (QED) is 0.709. The van der Waals surface area contributed by atoms with Crippen LogP contribution in [0.25, 0.3) is 0 Å². The first-order chi connectivity index (χ1) is 5.56. The molecule has 0 amide bonds. The molecule has 0 radical (unpaired) electrons. The van der Waals surface area contributed by atoms with E-state index in [1.54, 1.807) is 0 Å². The molecular weight excluding hydrogens is 262 g/mol. The molecular formula is C10H20NTe+. The second-order valence-corrected chi connectivity index (χ2v) is 10.3. The van der Waals surface area contributed by atoms with Gasteiger partial charge in [0, 0.05) is 0 Å². The van der Waals surface area contributed by atoms with Gasteiger partial charge < -0.3 is 0 Å². The minimum atomic E-state index is -1.01. The third-order valence-corrected chi connectivity index (χ3v) is 9.44. The Kier molecular flexibility index (Phi) is 6.92. The van der Waals surface area contributed by atoms with Gasteiger partial charge in [0.15, 0.2) is 0 Å². The van der Waals surface area contributed by atoms with Crippen molar-refractivity contribution < 1.29 is 0 Å². The summed E-state index contributed by atoms with van der Waals surface area (Å²) in [5.74, 6) is 1.60. The van der Waals surface area contributed by atoms with Gasteiger partial charge >= 0.3 is 83.8 Å². The molecule has 0 atom stereocenters. The predicted octanol–water partition coefficient (Wildman–Crippen LogP) is 3.32. The minimum absolute atomic E-state index is 0.800. The molecule has 0 bridgehead atoms. The van der Waals surface area contributed by atoms with Gasteiger partial charge in [-0.3, -0.25) is 0 Å². The Morgan fingerprint density at radius 2 is 1.50 bits per heavy atom. The average Bonchev–Trinajstić information content (AvgIpc) is 1.84. The van der Waals surface area contributed by atoms with Crippen LogP contribution in [0, 0.1) is 23.2 Å². The van der Waals surface area contributed by atoms with Crippen molar-refractivity contribution in [3.8, 4) is 6.07 Å². The van der Waals surface area contributed by atoms with Crippen molar-refractivity contribution in [2.24, 2.45) is 11.8 Å². The van der Waals surface area contributed by atoms with Crippen LogP contribution in [0.2, 0.25) is 13.4 Å². The van der Waals surface area contributed by atoms with E-state index in [0.717, 1.165) is 16.3 Å². The molecule has 0 fully saturated rings. The summed E-state index contributed by atoms with van der Waals surface area (Å²) < 4.78 is 3.64. The van der Waals surface area contributed by atoms with Crippen LogP contribution < -0.4 is 0 Å². The topological polar surface area (TPSA) is 23.8 Å². The molecule has 70 valence electrons. The summed E-state index contributed by atoms with van der Waals surface area (Å²) in [5, 5.41) is 8.65. The van der Waals surface area contributed by atoms with E-state index < -0.39 is 19.6 Å². The molecule has 0 aliphatic heterocycles. The van der Waals surface area contributed by atoms with Gasteiger partial charge in [0.25, 0.3) is 0 Å². The van der Waals surface area contributed by atoms with Crippen molar-refractivity contribution >= 4 is 19.6 Å². The molecule has 0 saturated heterocycles. The molecule has 2 heteroatoms. The number of nitrogens with zero attached hydrogens (tertiary/aromatic N) is 1. The maximum atomic E-state index is 8.65. The molecule has 12 heavy (non-hydrogen) atoms. The summed E-state index contributed by atoms with van der Waals surface area (Å²) in [6.07, 6.45) is 0. The van der Waals surface area contributed by atoms with Gasteiger partial charge in [0.05, 0.1) is 0 Å². The second kappa shape index (κ2) is 6.76. The first-order valence-electron chi connectivity index (χ1n) is 4.57. The summed E-state index contributed by atoms with van der Waals surface area (Å²) in [6.45, 7) is 9.08. The van der Waals surface area contributed by atoms with E-state index in [1.807, 2.05) is 0 Å². The number of hydrogen-bond acceptors (Lipinski definition) is 1. The summed E-state index contributed by atoms with van der Waals surface area (Å²) in [7, 11) is 0. The number of hydrogen-bond donors (Lipinski definition) is 0. The fraction of sp³-hybridized carbons (Fsp3) is 0.900. The van der Waals surface area contributed by atoms with Crippen LogP contribution >= 0.6 is 0 Å². The molecule has 0 aliphatic carbocycles. The van der Waals surface area contributed by atoms with E-state index in [9.17, 15) is 0 Å². The van der Waals surface area contributed by atoms with Gasteiger partial charge in [0.1, 0.15) is 0 Å². The normalized spacial score (nSPS) is 11.2. The Bertz CT molecular complexity index is 136. The third-order valence-electron chi connectivity index (χ3n) is 1.41. The zero-order valence-electron chi connectivity index (χ0n) is 8.63. The Morgan fingerprint density at radius 1 is 1.08 bits per heavy atom. The van der Waals surface area contributed by atoms with Crippen LogP contribution in [0.1, 0.15) is 27.7 Å². The van der Waals surface area contributed by atoms with E-state index >= 15 is 0 Å². The monoisotopic (exact) mass is 284 g/mol. The molecule has 0 N–H and O–H groups in total. The number of nitriles is 1. The van der Waals surface area contributed by atoms with Gasteiger partial charge in [-0.25, -0.2) is 0 Å². The van der Waals surface area contributed by atoms with Gasteiger partial charge in [-0.05, 0) is 0 Å². The maximum absolute atomic E-state index is 8.65. The van der Waals surface area contributed by atoms with Crippen LogP contribution in [-0.4, -0.2) is 19.6 Å². The zero-order chi connectivity index (χ0) is 9.56. The Hall–Kier alpha value is 0.280. The van der Waals surface area contributed by atoms with Gasteiger partial charge in [0.2, 0.25) is 0 Å². The van der Waals surface area contributed by atoms with Crippen LogP contribution in [0.4, 0.5) is 0 Å². The Balaban J connectivity index is 3.79. The third kappa shape index (κ3) is 6.96. The van der Waals surface area contributed by atoms with E-state index in [4.69, 9.17) is 5.26 Å². The first-order valence-corrected chi connectivity index (χ1v) is 9.51. The molecule has 1 nitrogen and oxygen atoms in total. The fourth-order valence-corrected chi connectivity index (χ4v) is 8.18. The zero-order valence-corrected chi connectivity index (χ0v) is 11.0. The van der Waals surface area contributed by atoms with E-state index in [0.29, 0.717) is 0 Å². The van der Waals surface area contributed by atoms with Crippen LogP contribution in [-0.2, 0) is 0 Å². The molecule has 0 unspecified atom stereocenters. The summed E-state index contributed by atoms with van der Waals surface area (Å²) >= 11 is -1.01. The predicted molar refractivity (Wildman–Crippen MR) is 55.5 cm³/mol. The van der Waals surface area contributed by atoms with E-state index in [2.05, 4.69) is 33.8 Å². The fourth-order valence-electron chi connectivity index (χ4n) is 1.22. The van der Waals surface area contributed by atoms with Crippen molar-refractivity contribution in [1.82, 2.24) is 0 Å². The molecule has 0 aromatic heterocycles. The Morgan fingerprint density at radius 3 is 1.75 bits per heavy atom. The molecule has 0 rings (SSSR count).